The fourth-order valence-corrected chi connectivity index (χ4v) is 4.44. The maximum Gasteiger partial charge on any atom is 0.274 e. The third-order valence-electron chi connectivity index (χ3n) is 6.15. The van der Waals surface area contributed by atoms with Crippen molar-refractivity contribution >= 4 is 11.8 Å². The summed E-state index contributed by atoms with van der Waals surface area (Å²) in [6.45, 7) is 2.28. The SMILES string of the molecule is CN1CC2(CCC1=O)CCN(C(=O)c1cc(-c3ccccc3)n(C)n1)CC2. The van der Waals surface area contributed by atoms with Gasteiger partial charge in [-0.25, -0.2) is 0 Å². The van der Waals surface area contributed by atoms with Crippen molar-refractivity contribution in [1.29, 1.82) is 0 Å². The van der Waals surface area contributed by atoms with E-state index in [2.05, 4.69) is 5.10 Å². The van der Waals surface area contributed by atoms with Crippen LogP contribution in [0.5, 0.6) is 0 Å². The molecule has 2 aliphatic rings. The van der Waals surface area contributed by atoms with Crippen LogP contribution in [0.15, 0.2) is 36.4 Å². The van der Waals surface area contributed by atoms with Gasteiger partial charge in [-0.05, 0) is 36.3 Å². The molecule has 1 aromatic heterocycles. The Morgan fingerprint density at radius 2 is 1.78 bits per heavy atom. The van der Waals surface area contributed by atoms with E-state index in [-0.39, 0.29) is 17.2 Å². The molecule has 6 heteroatoms. The van der Waals surface area contributed by atoms with Gasteiger partial charge in [-0.1, -0.05) is 30.3 Å². The molecule has 2 aliphatic heterocycles. The molecule has 2 aromatic rings. The minimum absolute atomic E-state index is 0.00266. The Hall–Kier alpha value is -2.63. The summed E-state index contributed by atoms with van der Waals surface area (Å²) in [7, 11) is 3.76. The van der Waals surface area contributed by atoms with Crippen LogP contribution in [0.4, 0.5) is 0 Å². The first kappa shape index (κ1) is 17.8. The monoisotopic (exact) mass is 366 g/mol. The van der Waals surface area contributed by atoms with Crippen molar-refractivity contribution in [2.45, 2.75) is 25.7 Å². The lowest BCUT2D eigenvalue weighted by Crippen LogP contribution is -2.51. The highest BCUT2D eigenvalue weighted by molar-refractivity contribution is 5.93. The van der Waals surface area contributed by atoms with Gasteiger partial charge in [0.1, 0.15) is 0 Å². The Morgan fingerprint density at radius 3 is 2.44 bits per heavy atom. The number of piperidine rings is 2. The van der Waals surface area contributed by atoms with Gasteiger partial charge in [-0.15, -0.1) is 0 Å². The predicted molar refractivity (Wildman–Crippen MR) is 103 cm³/mol. The van der Waals surface area contributed by atoms with Gasteiger partial charge in [0.25, 0.3) is 5.91 Å². The van der Waals surface area contributed by atoms with E-state index in [1.54, 1.807) is 4.68 Å². The van der Waals surface area contributed by atoms with Crippen LogP contribution in [0.2, 0.25) is 0 Å². The first-order chi connectivity index (χ1) is 13.0. The molecule has 0 unspecified atom stereocenters. The molecule has 0 aliphatic carbocycles. The van der Waals surface area contributed by atoms with Crippen LogP contribution in [-0.2, 0) is 11.8 Å². The van der Waals surface area contributed by atoms with Crippen molar-refractivity contribution in [2.24, 2.45) is 12.5 Å². The minimum atomic E-state index is 0.00266. The minimum Gasteiger partial charge on any atom is -0.345 e. The Kier molecular flexibility index (Phi) is 4.50. The van der Waals surface area contributed by atoms with Crippen molar-refractivity contribution in [1.82, 2.24) is 19.6 Å². The van der Waals surface area contributed by atoms with Gasteiger partial charge in [-0.3, -0.25) is 14.3 Å². The third-order valence-corrected chi connectivity index (χ3v) is 6.15. The first-order valence-electron chi connectivity index (χ1n) is 9.60. The average Bonchev–Trinajstić information content (AvgIpc) is 3.08. The number of likely N-dealkylation sites (tertiary alicyclic amines) is 2. The van der Waals surface area contributed by atoms with Gasteiger partial charge in [-0.2, -0.15) is 5.10 Å². The number of aromatic nitrogens is 2. The fraction of sp³-hybridized carbons (Fsp3) is 0.476. The average molecular weight is 366 g/mol. The summed E-state index contributed by atoms with van der Waals surface area (Å²) < 4.78 is 1.77. The summed E-state index contributed by atoms with van der Waals surface area (Å²) in [5, 5.41) is 4.46. The van der Waals surface area contributed by atoms with Crippen molar-refractivity contribution in [2.75, 3.05) is 26.7 Å². The lowest BCUT2D eigenvalue weighted by atomic mass is 9.72. The van der Waals surface area contributed by atoms with Crippen molar-refractivity contribution < 1.29 is 9.59 Å². The van der Waals surface area contributed by atoms with E-state index < -0.39 is 0 Å². The molecule has 0 N–H and O–H groups in total. The van der Waals surface area contributed by atoms with E-state index in [0.29, 0.717) is 12.1 Å². The Balaban J connectivity index is 1.45. The molecule has 0 radical (unpaired) electrons. The molecule has 1 aromatic carbocycles. The normalized spacial score (nSPS) is 19.6. The second kappa shape index (κ2) is 6.83. The molecule has 27 heavy (non-hydrogen) atoms. The summed E-state index contributed by atoms with van der Waals surface area (Å²) in [5.41, 5.74) is 2.68. The highest BCUT2D eigenvalue weighted by atomic mass is 16.2. The topological polar surface area (TPSA) is 58.4 Å². The Labute approximate surface area is 159 Å². The summed E-state index contributed by atoms with van der Waals surface area (Å²) in [5.74, 6) is 0.240. The number of carbonyl (C=O) groups is 2. The second-order valence-corrected chi connectivity index (χ2v) is 7.95. The smallest absolute Gasteiger partial charge is 0.274 e. The van der Waals surface area contributed by atoms with Gasteiger partial charge in [0.2, 0.25) is 5.91 Å². The zero-order valence-electron chi connectivity index (χ0n) is 16.0. The lowest BCUT2D eigenvalue weighted by molar-refractivity contribution is -0.137. The van der Waals surface area contributed by atoms with Crippen LogP contribution in [0.3, 0.4) is 0 Å². The van der Waals surface area contributed by atoms with Crippen molar-refractivity contribution in [3.05, 3.63) is 42.1 Å². The quantitative estimate of drug-likeness (QED) is 0.821. The number of rotatable bonds is 2. The third kappa shape index (κ3) is 3.36. The maximum absolute atomic E-state index is 13.0. The number of hydrogen-bond donors (Lipinski definition) is 0. The van der Waals surface area contributed by atoms with Gasteiger partial charge in [0.15, 0.2) is 5.69 Å². The molecular formula is C21H26N4O2. The number of carbonyl (C=O) groups excluding carboxylic acids is 2. The highest BCUT2D eigenvalue weighted by Crippen LogP contribution is 2.40. The van der Waals surface area contributed by atoms with E-state index in [9.17, 15) is 9.59 Å². The number of hydrogen-bond acceptors (Lipinski definition) is 3. The fourth-order valence-electron chi connectivity index (χ4n) is 4.44. The molecular weight excluding hydrogens is 340 g/mol. The van der Waals surface area contributed by atoms with E-state index in [4.69, 9.17) is 0 Å². The number of benzene rings is 1. The zero-order valence-corrected chi connectivity index (χ0v) is 16.0. The van der Waals surface area contributed by atoms with Crippen LogP contribution in [0.1, 0.15) is 36.2 Å². The van der Waals surface area contributed by atoms with Crippen LogP contribution in [0, 0.1) is 5.41 Å². The number of amides is 2. The van der Waals surface area contributed by atoms with Gasteiger partial charge >= 0.3 is 0 Å². The highest BCUT2D eigenvalue weighted by Gasteiger charge is 2.41. The standard InChI is InChI=1S/C21H26N4O2/c1-23-15-21(9-8-19(23)26)10-12-25(13-11-21)20(27)17-14-18(24(2)22-17)16-6-4-3-5-7-16/h3-7,14H,8-13,15H2,1-2H3. The van der Waals surface area contributed by atoms with E-state index >= 15 is 0 Å². The van der Waals surface area contributed by atoms with Crippen molar-refractivity contribution in [3.63, 3.8) is 0 Å². The molecule has 2 amide bonds. The second-order valence-electron chi connectivity index (χ2n) is 7.95. The zero-order chi connectivity index (χ0) is 19.0. The molecule has 0 bridgehead atoms. The molecule has 6 nitrogen and oxygen atoms in total. The molecule has 1 spiro atoms. The molecule has 3 heterocycles. The van der Waals surface area contributed by atoms with E-state index in [0.717, 1.165) is 50.2 Å². The summed E-state index contributed by atoms with van der Waals surface area (Å²) in [4.78, 5) is 28.5. The number of aryl methyl sites for hydroxylation is 1. The van der Waals surface area contributed by atoms with Crippen LogP contribution in [-0.4, -0.2) is 58.1 Å². The maximum atomic E-state index is 13.0. The van der Waals surface area contributed by atoms with Gasteiger partial charge in [0.05, 0.1) is 5.69 Å². The first-order valence-corrected chi connectivity index (χ1v) is 9.60. The van der Waals surface area contributed by atoms with E-state index in [1.807, 2.05) is 60.3 Å². The predicted octanol–water partition coefficient (Wildman–Crippen LogP) is 2.56. The van der Waals surface area contributed by atoms with Crippen LogP contribution < -0.4 is 0 Å². The summed E-state index contributed by atoms with van der Waals surface area (Å²) in [6, 6.07) is 11.9. The molecule has 2 saturated heterocycles. The number of nitrogens with zero attached hydrogens (tertiary/aromatic N) is 4. The van der Waals surface area contributed by atoms with Crippen LogP contribution >= 0.6 is 0 Å². The van der Waals surface area contributed by atoms with Gasteiger partial charge in [0, 0.05) is 40.2 Å². The lowest BCUT2D eigenvalue weighted by Gasteiger charge is -2.46. The summed E-state index contributed by atoms with van der Waals surface area (Å²) in [6.07, 6.45) is 3.48. The molecule has 0 saturated carbocycles. The van der Waals surface area contributed by atoms with Gasteiger partial charge < -0.3 is 9.80 Å². The Bertz CT molecular complexity index is 850. The molecule has 142 valence electrons. The largest absolute Gasteiger partial charge is 0.345 e. The summed E-state index contributed by atoms with van der Waals surface area (Å²) >= 11 is 0. The van der Waals surface area contributed by atoms with Crippen LogP contribution in [0.25, 0.3) is 11.3 Å². The molecule has 4 rings (SSSR count). The van der Waals surface area contributed by atoms with E-state index in [1.165, 1.54) is 0 Å². The molecule has 0 atom stereocenters. The van der Waals surface area contributed by atoms with Crippen molar-refractivity contribution in [3.8, 4) is 11.3 Å². The Morgan fingerprint density at radius 1 is 1.07 bits per heavy atom. The molecule has 2 fully saturated rings.